The van der Waals surface area contributed by atoms with Crippen molar-refractivity contribution in [3.8, 4) is 0 Å². The Morgan fingerprint density at radius 2 is 1.81 bits per heavy atom. The molecule has 0 bridgehead atoms. The van der Waals surface area contributed by atoms with Crippen LogP contribution in [-0.4, -0.2) is 34.7 Å². The number of aliphatic carboxylic acids is 1. The summed E-state index contributed by atoms with van der Waals surface area (Å²) in [6.45, 7) is 6.37. The van der Waals surface area contributed by atoms with Crippen molar-refractivity contribution in [3.63, 3.8) is 0 Å². The molecule has 1 N–H and O–H groups in total. The van der Waals surface area contributed by atoms with Crippen LogP contribution < -0.4 is 5.69 Å². The van der Waals surface area contributed by atoms with Gasteiger partial charge in [-0.15, -0.1) is 0 Å². The molecule has 3 heterocycles. The van der Waals surface area contributed by atoms with Crippen LogP contribution in [0.3, 0.4) is 0 Å². The Labute approximate surface area is 208 Å². The second-order valence-corrected chi connectivity index (χ2v) is 9.59. The zero-order chi connectivity index (χ0) is 25.6. The van der Waals surface area contributed by atoms with E-state index in [4.69, 9.17) is 4.98 Å². The molecule has 0 saturated heterocycles. The minimum absolute atomic E-state index is 0.0525. The molecule has 0 aliphatic carbocycles. The predicted octanol–water partition coefficient (Wildman–Crippen LogP) is 4.63. The van der Waals surface area contributed by atoms with E-state index in [0.717, 1.165) is 27.6 Å². The van der Waals surface area contributed by atoms with E-state index < -0.39 is 12.0 Å². The van der Waals surface area contributed by atoms with E-state index in [1.54, 1.807) is 10.8 Å². The van der Waals surface area contributed by atoms with Crippen molar-refractivity contribution < 1.29 is 9.90 Å². The maximum Gasteiger partial charge on any atom is 0.331 e. The number of rotatable bonds is 7. The van der Waals surface area contributed by atoms with Gasteiger partial charge in [-0.25, -0.2) is 14.8 Å². The first-order valence-electron chi connectivity index (χ1n) is 12.0. The number of hydrogen-bond donors (Lipinski definition) is 1. The van der Waals surface area contributed by atoms with E-state index in [1.807, 2.05) is 63.5 Å². The molecule has 36 heavy (non-hydrogen) atoms. The topological polar surface area (TPSA) is 94.9 Å². The van der Waals surface area contributed by atoms with Gasteiger partial charge in [0.1, 0.15) is 11.3 Å². The van der Waals surface area contributed by atoms with Gasteiger partial charge in [0.25, 0.3) is 0 Å². The summed E-state index contributed by atoms with van der Waals surface area (Å²) in [5.74, 6) is -0.326. The van der Waals surface area contributed by atoms with Gasteiger partial charge in [0.15, 0.2) is 5.65 Å². The standard InChI is InChI=1S/C28H29N5O3/c1-17(2)26-29-14-23-27(30-26)33(22(13-24(34)35)19-10-6-5-7-11-19)28(36)32(23)16-20-15-31(4)21-12-8-9-18(3)25(20)21/h5-12,14-15,17,22H,13,16H2,1-4H3,(H,34,35)/t22-/m1/s1. The number of hydrogen-bond acceptors (Lipinski definition) is 4. The quantitative estimate of drug-likeness (QED) is 0.364. The Balaban J connectivity index is 1.77. The molecular formula is C28H29N5O3. The fourth-order valence-corrected chi connectivity index (χ4v) is 5.00. The Bertz CT molecular complexity index is 1640. The third-order valence-electron chi connectivity index (χ3n) is 6.73. The molecule has 3 aromatic heterocycles. The van der Waals surface area contributed by atoms with Crippen molar-refractivity contribution in [2.24, 2.45) is 7.05 Å². The fraction of sp³-hybridized carbons (Fsp3) is 0.286. The molecular weight excluding hydrogens is 454 g/mol. The molecule has 0 aliphatic heterocycles. The largest absolute Gasteiger partial charge is 0.481 e. The Kier molecular flexibility index (Phi) is 5.96. The summed E-state index contributed by atoms with van der Waals surface area (Å²) in [7, 11) is 1.99. The number of carboxylic acid groups (broad SMARTS) is 1. The van der Waals surface area contributed by atoms with Gasteiger partial charge in [0, 0.05) is 30.1 Å². The maximum absolute atomic E-state index is 14.1. The fourth-order valence-electron chi connectivity index (χ4n) is 5.00. The summed E-state index contributed by atoms with van der Waals surface area (Å²) in [5.41, 5.74) is 4.70. The van der Waals surface area contributed by atoms with Crippen LogP contribution in [0.25, 0.3) is 22.1 Å². The molecule has 0 spiro atoms. The van der Waals surface area contributed by atoms with Gasteiger partial charge in [0.05, 0.1) is 25.2 Å². The third-order valence-corrected chi connectivity index (χ3v) is 6.73. The van der Waals surface area contributed by atoms with Crippen molar-refractivity contribution in [2.75, 3.05) is 0 Å². The summed E-state index contributed by atoms with van der Waals surface area (Å²) in [6, 6.07) is 14.7. The molecule has 2 aromatic carbocycles. The summed E-state index contributed by atoms with van der Waals surface area (Å²) >= 11 is 0. The van der Waals surface area contributed by atoms with Crippen LogP contribution in [0.4, 0.5) is 0 Å². The SMILES string of the molecule is Cc1cccc2c1c(Cn1c(=O)n([C@H](CC(=O)O)c3ccccc3)c3nc(C(C)C)ncc31)cn2C. The Morgan fingerprint density at radius 3 is 2.50 bits per heavy atom. The first-order chi connectivity index (χ1) is 17.3. The number of imidazole rings is 1. The molecule has 0 aliphatic rings. The number of benzene rings is 2. The monoisotopic (exact) mass is 483 g/mol. The van der Waals surface area contributed by atoms with E-state index in [2.05, 4.69) is 28.6 Å². The van der Waals surface area contributed by atoms with E-state index in [-0.39, 0.29) is 18.0 Å². The van der Waals surface area contributed by atoms with Gasteiger partial charge in [-0.3, -0.25) is 13.9 Å². The van der Waals surface area contributed by atoms with Crippen molar-refractivity contribution >= 4 is 28.0 Å². The number of nitrogens with zero attached hydrogens (tertiary/aromatic N) is 5. The van der Waals surface area contributed by atoms with Crippen LogP contribution in [0, 0.1) is 6.92 Å². The minimum Gasteiger partial charge on any atom is -0.481 e. The van der Waals surface area contributed by atoms with Crippen molar-refractivity contribution in [3.05, 3.63) is 93.9 Å². The highest BCUT2D eigenvalue weighted by molar-refractivity contribution is 5.87. The van der Waals surface area contributed by atoms with Crippen molar-refractivity contribution in [1.82, 2.24) is 23.7 Å². The third kappa shape index (κ3) is 3.98. The molecule has 8 heteroatoms. The first kappa shape index (κ1) is 23.5. The second kappa shape index (κ2) is 9.11. The normalized spacial score (nSPS) is 12.6. The zero-order valence-electron chi connectivity index (χ0n) is 20.8. The molecule has 8 nitrogen and oxygen atoms in total. The lowest BCUT2D eigenvalue weighted by Gasteiger charge is -2.17. The summed E-state index contributed by atoms with van der Waals surface area (Å²) in [4.78, 5) is 35.3. The van der Waals surface area contributed by atoms with Gasteiger partial charge >= 0.3 is 11.7 Å². The number of carbonyl (C=O) groups is 1. The molecule has 0 amide bonds. The molecule has 0 saturated carbocycles. The highest BCUT2D eigenvalue weighted by Crippen LogP contribution is 2.28. The van der Waals surface area contributed by atoms with Crippen molar-refractivity contribution in [1.29, 1.82) is 0 Å². The van der Waals surface area contributed by atoms with E-state index in [1.165, 1.54) is 4.57 Å². The number of aromatic nitrogens is 5. The van der Waals surface area contributed by atoms with Gasteiger partial charge < -0.3 is 9.67 Å². The van der Waals surface area contributed by atoms with Crippen LogP contribution in [0.2, 0.25) is 0 Å². The summed E-state index contributed by atoms with van der Waals surface area (Å²) in [6.07, 6.45) is 3.50. The Hall–Kier alpha value is -4.20. The lowest BCUT2D eigenvalue weighted by molar-refractivity contribution is -0.137. The van der Waals surface area contributed by atoms with Gasteiger partial charge in [-0.05, 0) is 29.7 Å². The second-order valence-electron chi connectivity index (χ2n) is 9.59. The molecule has 0 unspecified atom stereocenters. The highest BCUT2D eigenvalue weighted by Gasteiger charge is 2.26. The highest BCUT2D eigenvalue weighted by atomic mass is 16.4. The lowest BCUT2D eigenvalue weighted by atomic mass is 10.0. The van der Waals surface area contributed by atoms with E-state index >= 15 is 0 Å². The molecule has 0 radical (unpaired) electrons. The smallest absolute Gasteiger partial charge is 0.331 e. The Morgan fingerprint density at radius 1 is 1.06 bits per heavy atom. The average molecular weight is 484 g/mol. The molecule has 5 aromatic rings. The lowest BCUT2D eigenvalue weighted by Crippen LogP contribution is -2.30. The van der Waals surface area contributed by atoms with Gasteiger partial charge in [0.2, 0.25) is 0 Å². The van der Waals surface area contributed by atoms with Gasteiger partial charge in [-0.1, -0.05) is 56.3 Å². The number of aryl methyl sites for hydroxylation is 2. The average Bonchev–Trinajstić information content (AvgIpc) is 3.32. The van der Waals surface area contributed by atoms with E-state index in [0.29, 0.717) is 23.5 Å². The minimum atomic E-state index is -0.987. The maximum atomic E-state index is 14.1. The van der Waals surface area contributed by atoms with Crippen LogP contribution >= 0.6 is 0 Å². The first-order valence-corrected chi connectivity index (χ1v) is 12.0. The van der Waals surface area contributed by atoms with E-state index in [9.17, 15) is 14.7 Å². The van der Waals surface area contributed by atoms with Crippen LogP contribution in [0.1, 0.15) is 54.7 Å². The number of carboxylic acids is 1. The molecule has 1 atom stereocenters. The molecule has 184 valence electrons. The van der Waals surface area contributed by atoms with Crippen LogP contribution in [0.5, 0.6) is 0 Å². The zero-order valence-corrected chi connectivity index (χ0v) is 20.8. The summed E-state index contributed by atoms with van der Waals surface area (Å²) in [5, 5.41) is 10.9. The molecule has 0 fully saturated rings. The number of fused-ring (bicyclic) bond motifs is 2. The summed E-state index contributed by atoms with van der Waals surface area (Å²) < 4.78 is 5.26. The van der Waals surface area contributed by atoms with Crippen LogP contribution in [0.15, 0.2) is 65.7 Å². The van der Waals surface area contributed by atoms with Gasteiger partial charge in [-0.2, -0.15) is 0 Å². The van der Waals surface area contributed by atoms with Crippen molar-refractivity contribution in [2.45, 2.75) is 45.7 Å². The molecule has 5 rings (SSSR count). The van der Waals surface area contributed by atoms with Crippen LogP contribution in [-0.2, 0) is 18.4 Å². The predicted molar refractivity (Wildman–Crippen MR) is 139 cm³/mol.